The van der Waals surface area contributed by atoms with Crippen molar-refractivity contribution in [2.75, 3.05) is 12.3 Å². The molecular formula is C18H20N2O4. The number of pyridine rings is 1. The number of aryl methyl sites for hydroxylation is 2. The Balaban J connectivity index is 2.85. The standard InChI is InChI=1S/C18H20N2O4/c1-5-24-18(23)14-9-13(12(4)21)17(22)20(16(14)19)15-7-6-10(2)8-11(15)3/h6-9H,5,19H2,1-4H3. The lowest BCUT2D eigenvalue weighted by molar-refractivity contribution is 0.0527. The minimum atomic E-state index is -0.670. The van der Waals surface area contributed by atoms with Gasteiger partial charge in [-0.3, -0.25) is 14.2 Å². The van der Waals surface area contributed by atoms with Crippen LogP contribution in [0.15, 0.2) is 29.1 Å². The monoisotopic (exact) mass is 328 g/mol. The molecule has 1 aromatic heterocycles. The highest BCUT2D eigenvalue weighted by Crippen LogP contribution is 2.21. The number of esters is 1. The summed E-state index contributed by atoms with van der Waals surface area (Å²) in [5.74, 6) is -1.16. The molecule has 6 heteroatoms. The molecule has 24 heavy (non-hydrogen) atoms. The normalized spacial score (nSPS) is 10.5. The largest absolute Gasteiger partial charge is 0.462 e. The van der Waals surface area contributed by atoms with E-state index in [-0.39, 0.29) is 23.6 Å². The van der Waals surface area contributed by atoms with Gasteiger partial charge >= 0.3 is 5.97 Å². The molecule has 2 aromatic rings. The quantitative estimate of drug-likeness (QED) is 0.687. The third-order valence-electron chi connectivity index (χ3n) is 3.71. The van der Waals surface area contributed by atoms with E-state index in [9.17, 15) is 14.4 Å². The molecule has 2 rings (SSSR count). The number of anilines is 1. The highest BCUT2D eigenvalue weighted by atomic mass is 16.5. The number of nitrogens with two attached hydrogens (primary N) is 1. The van der Waals surface area contributed by atoms with Crippen molar-refractivity contribution >= 4 is 17.6 Å². The van der Waals surface area contributed by atoms with Crippen LogP contribution in [0.4, 0.5) is 5.82 Å². The predicted molar refractivity (Wildman–Crippen MR) is 91.9 cm³/mol. The smallest absolute Gasteiger partial charge is 0.341 e. The van der Waals surface area contributed by atoms with E-state index in [2.05, 4.69) is 0 Å². The van der Waals surface area contributed by atoms with Crippen molar-refractivity contribution in [1.29, 1.82) is 0 Å². The van der Waals surface area contributed by atoms with Gasteiger partial charge in [-0.25, -0.2) is 4.79 Å². The Morgan fingerprint density at radius 2 is 1.83 bits per heavy atom. The zero-order valence-electron chi connectivity index (χ0n) is 14.2. The van der Waals surface area contributed by atoms with Gasteiger partial charge in [0.05, 0.1) is 17.9 Å². The van der Waals surface area contributed by atoms with Gasteiger partial charge in [-0.1, -0.05) is 17.7 Å². The first-order valence-corrected chi connectivity index (χ1v) is 7.59. The van der Waals surface area contributed by atoms with Crippen molar-refractivity contribution in [3.8, 4) is 5.69 Å². The second kappa shape index (κ2) is 6.70. The van der Waals surface area contributed by atoms with Crippen molar-refractivity contribution < 1.29 is 14.3 Å². The summed E-state index contributed by atoms with van der Waals surface area (Å²) >= 11 is 0. The van der Waals surface area contributed by atoms with E-state index in [1.165, 1.54) is 17.6 Å². The van der Waals surface area contributed by atoms with Gasteiger partial charge in [-0.05, 0) is 45.4 Å². The van der Waals surface area contributed by atoms with Crippen LogP contribution < -0.4 is 11.3 Å². The first-order valence-electron chi connectivity index (χ1n) is 7.59. The number of carbonyl (C=O) groups is 2. The van der Waals surface area contributed by atoms with Gasteiger partial charge in [0.1, 0.15) is 11.4 Å². The summed E-state index contributed by atoms with van der Waals surface area (Å²) in [6.07, 6.45) is 0. The number of rotatable bonds is 4. The molecule has 0 radical (unpaired) electrons. The average Bonchev–Trinajstić information content (AvgIpc) is 2.49. The average molecular weight is 328 g/mol. The van der Waals surface area contributed by atoms with Crippen LogP contribution in [0.2, 0.25) is 0 Å². The maximum atomic E-state index is 12.7. The fourth-order valence-corrected chi connectivity index (χ4v) is 2.55. The lowest BCUT2D eigenvalue weighted by atomic mass is 10.1. The van der Waals surface area contributed by atoms with Gasteiger partial charge in [-0.15, -0.1) is 0 Å². The van der Waals surface area contributed by atoms with Crippen LogP contribution >= 0.6 is 0 Å². The van der Waals surface area contributed by atoms with E-state index in [0.717, 1.165) is 11.1 Å². The van der Waals surface area contributed by atoms with Crippen LogP contribution in [0.25, 0.3) is 5.69 Å². The van der Waals surface area contributed by atoms with Gasteiger partial charge in [0, 0.05) is 0 Å². The number of benzene rings is 1. The van der Waals surface area contributed by atoms with E-state index in [1.54, 1.807) is 13.0 Å². The predicted octanol–water partition coefficient (Wildman–Crippen LogP) is 2.42. The zero-order chi connectivity index (χ0) is 18.0. The molecule has 0 atom stereocenters. The summed E-state index contributed by atoms with van der Waals surface area (Å²) in [6, 6.07) is 6.67. The van der Waals surface area contributed by atoms with Crippen LogP contribution in [0, 0.1) is 13.8 Å². The van der Waals surface area contributed by atoms with E-state index in [1.807, 2.05) is 26.0 Å². The SMILES string of the molecule is CCOC(=O)c1cc(C(C)=O)c(=O)n(-c2ccc(C)cc2C)c1N. The molecule has 1 aromatic carbocycles. The summed E-state index contributed by atoms with van der Waals surface area (Å²) in [7, 11) is 0. The second-order valence-electron chi connectivity index (χ2n) is 5.56. The van der Waals surface area contributed by atoms with E-state index in [4.69, 9.17) is 10.5 Å². The van der Waals surface area contributed by atoms with Crippen LogP contribution in [-0.4, -0.2) is 22.9 Å². The van der Waals surface area contributed by atoms with Gasteiger partial charge in [-0.2, -0.15) is 0 Å². The summed E-state index contributed by atoms with van der Waals surface area (Å²) in [5.41, 5.74) is 7.77. The van der Waals surface area contributed by atoms with Crippen LogP contribution in [0.1, 0.15) is 45.7 Å². The molecule has 0 amide bonds. The lowest BCUT2D eigenvalue weighted by Crippen LogP contribution is -2.29. The molecule has 6 nitrogen and oxygen atoms in total. The van der Waals surface area contributed by atoms with Gasteiger partial charge < -0.3 is 10.5 Å². The van der Waals surface area contributed by atoms with Gasteiger partial charge in [0.25, 0.3) is 5.56 Å². The number of nitrogen functional groups attached to an aromatic ring is 1. The molecule has 0 aliphatic heterocycles. The highest BCUT2D eigenvalue weighted by Gasteiger charge is 2.22. The molecule has 0 saturated carbocycles. The fourth-order valence-electron chi connectivity index (χ4n) is 2.55. The van der Waals surface area contributed by atoms with Crippen LogP contribution in [0.5, 0.6) is 0 Å². The minimum absolute atomic E-state index is 0.00150. The number of ketones is 1. The summed E-state index contributed by atoms with van der Waals surface area (Å²) in [5, 5.41) is 0. The highest BCUT2D eigenvalue weighted by molar-refractivity contribution is 6.00. The molecule has 1 heterocycles. The Hall–Kier alpha value is -2.89. The van der Waals surface area contributed by atoms with Gasteiger partial charge in [0.2, 0.25) is 0 Å². The van der Waals surface area contributed by atoms with Crippen molar-refractivity contribution in [3.63, 3.8) is 0 Å². The summed E-state index contributed by atoms with van der Waals surface area (Å²) in [6.45, 7) is 6.86. The number of Topliss-reactive ketones (excluding diaryl/α,β-unsaturated/α-hetero) is 1. The molecule has 126 valence electrons. The molecule has 0 aliphatic rings. The van der Waals surface area contributed by atoms with Crippen LogP contribution in [0.3, 0.4) is 0 Å². The fraction of sp³-hybridized carbons (Fsp3) is 0.278. The Kier molecular flexibility index (Phi) is 4.87. The number of hydrogen-bond acceptors (Lipinski definition) is 5. The van der Waals surface area contributed by atoms with Crippen molar-refractivity contribution in [3.05, 3.63) is 56.9 Å². The number of carbonyl (C=O) groups excluding carboxylic acids is 2. The van der Waals surface area contributed by atoms with E-state index in [0.29, 0.717) is 5.69 Å². The number of nitrogens with zero attached hydrogens (tertiary/aromatic N) is 1. The molecule has 0 aliphatic carbocycles. The first kappa shape index (κ1) is 17.5. The Bertz CT molecular complexity index is 881. The van der Waals surface area contributed by atoms with Gasteiger partial charge in [0.15, 0.2) is 5.78 Å². The molecule has 0 bridgehead atoms. The number of hydrogen-bond donors (Lipinski definition) is 1. The summed E-state index contributed by atoms with van der Waals surface area (Å²) in [4.78, 5) is 36.7. The minimum Gasteiger partial charge on any atom is -0.462 e. The summed E-state index contributed by atoms with van der Waals surface area (Å²) < 4.78 is 6.17. The Morgan fingerprint density at radius 1 is 1.17 bits per heavy atom. The molecule has 0 spiro atoms. The van der Waals surface area contributed by atoms with Crippen molar-refractivity contribution in [1.82, 2.24) is 4.57 Å². The second-order valence-corrected chi connectivity index (χ2v) is 5.56. The lowest BCUT2D eigenvalue weighted by Gasteiger charge is -2.16. The molecule has 0 saturated heterocycles. The third kappa shape index (κ3) is 3.08. The number of ether oxygens (including phenoxy) is 1. The maximum absolute atomic E-state index is 12.7. The first-order chi connectivity index (χ1) is 11.3. The molecule has 0 unspecified atom stereocenters. The Morgan fingerprint density at radius 3 is 2.38 bits per heavy atom. The topological polar surface area (TPSA) is 91.4 Å². The zero-order valence-corrected chi connectivity index (χ0v) is 14.2. The maximum Gasteiger partial charge on any atom is 0.341 e. The van der Waals surface area contributed by atoms with Crippen molar-refractivity contribution in [2.24, 2.45) is 0 Å². The van der Waals surface area contributed by atoms with E-state index < -0.39 is 17.3 Å². The van der Waals surface area contributed by atoms with Crippen molar-refractivity contribution in [2.45, 2.75) is 27.7 Å². The molecular weight excluding hydrogens is 308 g/mol. The number of aromatic nitrogens is 1. The Labute approximate surface area is 139 Å². The molecule has 2 N–H and O–H groups in total. The van der Waals surface area contributed by atoms with E-state index >= 15 is 0 Å². The molecule has 0 fully saturated rings. The van der Waals surface area contributed by atoms with Crippen LogP contribution in [-0.2, 0) is 4.74 Å². The third-order valence-corrected chi connectivity index (χ3v) is 3.71.